The minimum atomic E-state index is -1.87. The van der Waals surface area contributed by atoms with E-state index < -0.39 is 39.6 Å². The molecule has 0 spiro atoms. The van der Waals surface area contributed by atoms with E-state index in [-0.39, 0.29) is 38.1 Å². The Morgan fingerprint density at radius 3 is 2.36 bits per heavy atom. The van der Waals surface area contributed by atoms with Gasteiger partial charge in [0.05, 0.1) is 19.3 Å². The van der Waals surface area contributed by atoms with Crippen LogP contribution in [0.15, 0.2) is 0 Å². The van der Waals surface area contributed by atoms with E-state index in [1.165, 1.54) is 11.8 Å². The lowest BCUT2D eigenvalue weighted by Gasteiger charge is -2.39. The van der Waals surface area contributed by atoms with Gasteiger partial charge in [0.15, 0.2) is 5.78 Å². The highest BCUT2D eigenvalue weighted by molar-refractivity contribution is 7.81. The summed E-state index contributed by atoms with van der Waals surface area (Å²) in [6.45, 7) is 4.81. The highest BCUT2D eigenvalue weighted by atomic mass is 35.5. The van der Waals surface area contributed by atoms with Gasteiger partial charge >= 0.3 is 5.97 Å². The van der Waals surface area contributed by atoms with Crippen LogP contribution in [-0.4, -0.2) is 64.2 Å². The Bertz CT molecular complexity index is 591. The number of ether oxygens (including phenoxy) is 1. The number of ketones is 1. The normalized spacial score (nSPS) is 22.4. The van der Waals surface area contributed by atoms with Crippen LogP contribution in [0.5, 0.6) is 0 Å². The summed E-state index contributed by atoms with van der Waals surface area (Å²) in [6.07, 6.45) is 0.949. The van der Waals surface area contributed by atoms with Crippen molar-refractivity contribution in [2.75, 3.05) is 19.8 Å². The Labute approximate surface area is 175 Å². The van der Waals surface area contributed by atoms with Gasteiger partial charge in [0.1, 0.15) is 0 Å². The molecule has 1 heterocycles. The van der Waals surface area contributed by atoms with Crippen molar-refractivity contribution in [3.8, 4) is 0 Å². The third-order valence-electron chi connectivity index (χ3n) is 4.36. The molecule has 1 unspecified atom stereocenters. The SMILES string of the molecule is CC(C)C(=O)N1CCC(S)[C@@]1(C(=O)OCCCCO[N+](=O)[O-])C(=O)[C@H](C)N.Cl. The zero-order valence-electron chi connectivity index (χ0n) is 16.2. The summed E-state index contributed by atoms with van der Waals surface area (Å²) < 4.78 is 5.25. The maximum absolute atomic E-state index is 12.9. The molecule has 0 saturated carbocycles. The van der Waals surface area contributed by atoms with Gasteiger partial charge in [-0.25, -0.2) is 4.79 Å². The second kappa shape index (κ2) is 11.4. The van der Waals surface area contributed by atoms with Gasteiger partial charge in [-0.1, -0.05) is 13.8 Å². The molecule has 0 bridgehead atoms. The first-order valence-corrected chi connectivity index (χ1v) is 9.32. The third kappa shape index (κ3) is 5.71. The average Bonchev–Trinajstić information content (AvgIpc) is 2.93. The predicted octanol–water partition coefficient (Wildman–Crippen LogP) is 0.782. The van der Waals surface area contributed by atoms with Crippen LogP contribution < -0.4 is 5.73 Å². The minimum absolute atomic E-state index is 0. The largest absolute Gasteiger partial charge is 0.464 e. The number of hydrogen-bond donors (Lipinski definition) is 2. The molecule has 2 N–H and O–H groups in total. The fraction of sp³-hybridized carbons (Fsp3) is 0.812. The van der Waals surface area contributed by atoms with Gasteiger partial charge in [0, 0.05) is 17.7 Å². The molecule has 1 fully saturated rings. The van der Waals surface area contributed by atoms with Gasteiger partial charge in [-0.2, -0.15) is 12.6 Å². The van der Waals surface area contributed by atoms with Crippen LogP contribution >= 0.6 is 25.0 Å². The van der Waals surface area contributed by atoms with Crippen LogP contribution in [0.2, 0.25) is 0 Å². The number of halogens is 1. The van der Waals surface area contributed by atoms with E-state index in [9.17, 15) is 24.5 Å². The minimum Gasteiger partial charge on any atom is -0.464 e. The van der Waals surface area contributed by atoms with Crippen LogP contribution in [0.25, 0.3) is 0 Å². The summed E-state index contributed by atoms with van der Waals surface area (Å²) in [5, 5.41) is 8.46. The molecule has 1 rings (SSSR count). The Kier molecular flexibility index (Phi) is 10.8. The molecule has 1 aliphatic heterocycles. The molecule has 0 aliphatic carbocycles. The third-order valence-corrected chi connectivity index (χ3v) is 4.99. The highest BCUT2D eigenvalue weighted by Gasteiger charge is 2.62. The first kappa shape index (κ1) is 26.4. The van der Waals surface area contributed by atoms with Crippen LogP contribution in [-0.2, 0) is 24.0 Å². The van der Waals surface area contributed by atoms with E-state index >= 15 is 0 Å². The van der Waals surface area contributed by atoms with Gasteiger partial charge in [0.2, 0.25) is 11.4 Å². The molecule has 10 nitrogen and oxygen atoms in total. The lowest BCUT2D eigenvalue weighted by atomic mass is 9.86. The maximum Gasteiger partial charge on any atom is 0.341 e. The number of amides is 1. The Morgan fingerprint density at radius 1 is 1.29 bits per heavy atom. The van der Waals surface area contributed by atoms with Crippen LogP contribution in [0.4, 0.5) is 0 Å². The number of thiol groups is 1. The first-order chi connectivity index (χ1) is 12.6. The molecule has 0 aromatic carbocycles. The van der Waals surface area contributed by atoms with Crippen LogP contribution in [0, 0.1) is 16.0 Å². The zero-order chi connectivity index (χ0) is 20.8. The van der Waals surface area contributed by atoms with Gasteiger partial charge in [-0.3, -0.25) is 9.59 Å². The smallest absolute Gasteiger partial charge is 0.341 e. The molecule has 162 valence electrons. The van der Waals surface area contributed by atoms with Crippen molar-refractivity contribution in [1.29, 1.82) is 0 Å². The number of nitrogens with zero attached hydrogens (tertiary/aromatic N) is 2. The van der Waals surface area contributed by atoms with Crippen molar-refractivity contribution in [2.24, 2.45) is 11.7 Å². The van der Waals surface area contributed by atoms with Crippen molar-refractivity contribution in [3.05, 3.63) is 10.1 Å². The summed E-state index contributed by atoms with van der Waals surface area (Å²) in [5.41, 5.74) is 3.89. The molecule has 1 saturated heterocycles. The van der Waals surface area contributed by atoms with E-state index in [0.717, 1.165) is 0 Å². The van der Waals surface area contributed by atoms with E-state index in [1.54, 1.807) is 13.8 Å². The number of nitrogens with two attached hydrogens (primary N) is 1. The Hall–Kier alpha value is -1.59. The predicted molar refractivity (Wildman–Crippen MR) is 106 cm³/mol. The number of carbonyl (C=O) groups excluding carboxylic acids is 3. The monoisotopic (exact) mass is 441 g/mol. The average molecular weight is 442 g/mol. The van der Waals surface area contributed by atoms with Gasteiger partial charge in [0.25, 0.3) is 5.09 Å². The fourth-order valence-electron chi connectivity index (χ4n) is 3.02. The second-order valence-corrected chi connectivity index (χ2v) is 7.39. The standard InChI is InChI=1S/C16H27N3O7S.ClH/c1-10(2)14(21)18-7-6-12(27)16(18,13(20)11(3)17)15(22)25-8-4-5-9-26-19(23)24;/h10-12,27H,4-9,17H2,1-3H3;1H/t11-,12?,16-;/m0./s1. The Morgan fingerprint density at radius 2 is 1.86 bits per heavy atom. The van der Waals surface area contributed by atoms with E-state index in [2.05, 4.69) is 17.5 Å². The lowest BCUT2D eigenvalue weighted by Crippen LogP contribution is -2.66. The highest BCUT2D eigenvalue weighted by Crippen LogP contribution is 2.37. The van der Waals surface area contributed by atoms with Crippen LogP contribution in [0.3, 0.4) is 0 Å². The second-order valence-electron chi connectivity index (χ2n) is 6.77. The number of likely N-dealkylation sites (tertiary alicyclic amines) is 1. The van der Waals surface area contributed by atoms with Gasteiger partial charge < -0.3 is 20.2 Å². The van der Waals surface area contributed by atoms with Crippen molar-refractivity contribution in [3.63, 3.8) is 0 Å². The number of unbranched alkanes of at least 4 members (excludes halogenated alkanes) is 1. The van der Waals surface area contributed by atoms with Crippen LogP contribution in [0.1, 0.15) is 40.0 Å². The zero-order valence-corrected chi connectivity index (χ0v) is 17.9. The van der Waals surface area contributed by atoms with Gasteiger partial charge in [-0.05, 0) is 26.2 Å². The summed E-state index contributed by atoms with van der Waals surface area (Å²) in [4.78, 5) is 54.0. The molecular weight excluding hydrogens is 414 g/mol. The maximum atomic E-state index is 12.9. The summed E-state index contributed by atoms with van der Waals surface area (Å²) in [5.74, 6) is -2.25. The molecule has 3 atom stereocenters. The van der Waals surface area contributed by atoms with E-state index in [1.807, 2.05) is 0 Å². The number of Topliss-reactive ketones (excluding diaryl/α,β-unsaturated/α-hetero) is 1. The molecule has 28 heavy (non-hydrogen) atoms. The number of rotatable bonds is 10. The van der Waals surface area contributed by atoms with E-state index in [4.69, 9.17) is 10.5 Å². The molecule has 0 aromatic rings. The Balaban J connectivity index is 0.00000729. The number of carbonyl (C=O) groups is 3. The quantitative estimate of drug-likeness (QED) is 0.126. The van der Waals surface area contributed by atoms with E-state index in [0.29, 0.717) is 19.3 Å². The fourth-order valence-corrected chi connectivity index (χ4v) is 3.51. The number of esters is 1. The summed E-state index contributed by atoms with van der Waals surface area (Å²) >= 11 is 4.40. The molecule has 1 amide bonds. The molecule has 12 heteroatoms. The molecular formula is C16H28ClN3O7S. The topological polar surface area (TPSA) is 142 Å². The first-order valence-electron chi connectivity index (χ1n) is 8.80. The van der Waals surface area contributed by atoms with Crippen molar-refractivity contribution in [1.82, 2.24) is 4.90 Å². The molecule has 0 aromatic heterocycles. The summed E-state index contributed by atoms with van der Waals surface area (Å²) in [7, 11) is 0. The molecule has 1 aliphatic rings. The molecule has 0 radical (unpaired) electrons. The van der Waals surface area contributed by atoms with Crippen molar-refractivity contribution in [2.45, 2.75) is 56.9 Å². The van der Waals surface area contributed by atoms with Crippen molar-refractivity contribution < 1.29 is 29.0 Å². The van der Waals surface area contributed by atoms with Gasteiger partial charge in [-0.15, -0.1) is 22.5 Å². The van der Waals surface area contributed by atoms with Crippen molar-refractivity contribution >= 4 is 42.7 Å². The number of hydrogen-bond acceptors (Lipinski definition) is 9. The lowest BCUT2D eigenvalue weighted by molar-refractivity contribution is -0.757. The summed E-state index contributed by atoms with van der Waals surface area (Å²) in [6, 6.07) is -0.985.